The van der Waals surface area contributed by atoms with E-state index >= 15 is 0 Å². The average molecular weight is 213 g/mol. The van der Waals surface area contributed by atoms with Crippen LogP contribution in [0.1, 0.15) is 12.5 Å². The third-order valence-electron chi connectivity index (χ3n) is 1.90. The van der Waals surface area contributed by atoms with Gasteiger partial charge in [0.05, 0.1) is 0 Å². The van der Waals surface area contributed by atoms with E-state index in [2.05, 4.69) is 5.48 Å². The SMILES string of the molecule is CC1=C[C](c2c(F)cccc2Cl)NO1. The molecule has 2 rings (SSSR count). The minimum Gasteiger partial charge on any atom is -0.412 e. The van der Waals surface area contributed by atoms with E-state index in [0.29, 0.717) is 22.4 Å². The highest BCUT2D eigenvalue weighted by atomic mass is 35.5. The monoisotopic (exact) mass is 212 g/mol. The van der Waals surface area contributed by atoms with Crippen LogP contribution < -0.4 is 5.48 Å². The molecule has 0 fully saturated rings. The summed E-state index contributed by atoms with van der Waals surface area (Å²) in [5, 5.41) is 0.363. The first-order valence-corrected chi connectivity index (χ1v) is 4.49. The van der Waals surface area contributed by atoms with Crippen LogP contribution in [-0.2, 0) is 4.84 Å². The summed E-state index contributed by atoms with van der Waals surface area (Å²) < 4.78 is 13.4. The molecule has 14 heavy (non-hydrogen) atoms. The molecule has 0 aromatic heterocycles. The molecule has 73 valence electrons. The summed E-state index contributed by atoms with van der Waals surface area (Å²) >= 11 is 5.87. The molecule has 1 aliphatic rings. The maximum absolute atomic E-state index is 13.4. The molecule has 0 unspecified atom stereocenters. The molecule has 1 N–H and O–H groups in total. The highest BCUT2D eigenvalue weighted by molar-refractivity contribution is 6.31. The van der Waals surface area contributed by atoms with E-state index in [-0.39, 0.29) is 5.82 Å². The Morgan fingerprint density at radius 1 is 1.43 bits per heavy atom. The van der Waals surface area contributed by atoms with Gasteiger partial charge in [0.2, 0.25) is 0 Å². The van der Waals surface area contributed by atoms with Crippen LogP contribution in [0.5, 0.6) is 0 Å². The Morgan fingerprint density at radius 2 is 2.21 bits per heavy atom. The number of nitrogens with one attached hydrogen (secondary N) is 1. The molecule has 0 aliphatic carbocycles. The largest absolute Gasteiger partial charge is 0.412 e. The van der Waals surface area contributed by atoms with Crippen molar-refractivity contribution in [2.24, 2.45) is 0 Å². The van der Waals surface area contributed by atoms with Gasteiger partial charge in [-0.1, -0.05) is 17.7 Å². The molecule has 1 radical (unpaired) electrons. The first-order chi connectivity index (χ1) is 6.68. The zero-order chi connectivity index (χ0) is 10.1. The molecule has 2 nitrogen and oxygen atoms in total. The van der Waals surface area contributed by atoms with Gasteiger partial charge in [-0.15, -0.1) is 5.48 Å². The fourth-order valence-electron chi connectivity index (χ4n) is 1.28. The van der Waals surface area contributed by atoms with Crippen LogP contribution >= 0.6 is 11.6 Å². The summed E-state index contributed by atoms with van der Waals surface area (Å²) in [6.07, 6.45) is 1.70. The first-order valence-electron chi connectivity index (χ1n) is 4.11. The fraction of sp³-hybridized carbons (Fsp3) is 0.100. The van der Waals surface area contributed by atoms with Crippen LogP contribution in [-0.4, -0.2) is 0 Å². The zero-order valence-electron chi connectivity index (χ0n) is 7.47. The van der Waals surface area contributed by atoms with Crippen molar-refractivity contribution in [2.45, 2.75) is 6.92 Å². The second-order valence-electron chi connectivity index (χ2n) is 2.97. The van der Waals surface area contributed by atoms with E-state index in [1.54, 1.807) is 25.1 Å². The highest BCUT2D eigenvalue weighted by Gasteiger charge is 2.23. The Labute approximate surface area is 86.3 Å². The molecule has 0 saturated carbocycles. The van der Waals surface area contributed by atoms with Crippen molar-refractivity contribution in [3.8, 4) is 0 Å². The minimum atomic E-state index is -0.366. The number of hydrogen-bond acceptors (Lipinski definition) is 2. The van der Waals surface area contributed by atoms with Crippen molar-refractivity contribution >= 4 is 11.6 Å². The van der Waals surface area contributed by atoms with Gasteiger partial charge in [-0.25, -0.2) is 4.39 Å². The van der Waals surface area contributed by atoms with Crippen LogP contribution in [0.15, 0.2) is 30.0 Å². The summed E-state index contributed by atoms with van der Waals surface area (Å²) in [5.41, 5.74) is 2.94. The summed E-state index contributed by atoms with van der Waals surface area (Å²) in [7, 11) is 0. The van der Waals surface area contributed by atoms with E-state index in [0.717, 1.165) is 0 Å². The third kappa shape index (κ3) is 1.61. The van der Waals surface area contributed by atoms with Gasteiger partial charge >= 0.3 is 0 Å². The molecule has 1 aromatic rings. The third-order valence-corrected chi connectivity index (χ3v) is 2.22. The average Bonchev–Trinajstić information content (AvgIpc) is 2.51. The predicted octanol–water partition coefficient (Wildman–Crippen LogP) is 2.80. The second-order valence-corrected chi connectivity index (χ2v) is 3.38. The van der Waals surface area contributed by atoms with Gasteiger partial charge in [0.1, 0.15) is 17.6 Å². The van der Waals surface area contributed by atoms with E-state index in [1.807, 2.05) is 0 Å². The van der Waals surface area contributed by atoms with Gasteiger partial charge in [-0.05, 0) is 25.1 Å². The molecule has 0 spiro atoms. The maximum Gasteiger partial charge on any atom is 0.134 e. The van der Waals surface area contributed by atoms with Crippen molar-refractivity contribution in [1.82, 2.24) is 5.48 Å². The van der Waals surface area contributed by atoms with Crippen LogP contribution in [0, 0.1) is 11.9 Å². The van der Waals surface area contributed by atoms with Gasteiger partial charge in [-0.3, -0.25) is 0 Å². The zero-order valence-corrected chi connectivity index (χ0v) is 8.23. The fourth-order valence-corrected chi connectivity index (χ4v) is 1.54. The van der Waals surface area contributed by atoms with Crippen LogP contribution in [0.3, 0.4) is 0 Å². The van der Waals surface area contributed by atoms with Gasteiger partial charge in [0, 0.05) is 10.6 Å². The molecule has 0 atom stereocenters. The Hall–Kier alpha value is -1.06. The number of allylic oxidation sites excluding steroid dienone is 1. The molecule has 1 heterocycles. The number of hydrogen-bond donors (Lipinski definition) is 1. The normalized spacial score (nSPS) is 16.6. The number of hydroxylamine groups is 1. The molecular weight excluding hydrogens is 205 g/mol. The lowest BCUT2D eigenvalue weighted by Gasteiger charge is -2.09. The maximum atomic E-state index is 13.4. The Kier molecular flexibility index (Phi) is 2.44. The second kappa shape index (κ2) is 3.59. The Balaban J connectivity index is 2.41. The molecule has 1 aromatic carbocycles. The van der Waals surface area contributed by atoms with Crippen molar-refractivity contribution in [1.29, 1.82) is 0 Å². The summed E-state index contributed by atoms with van der Waals surface area (Å²) in [6, 6.07) is 5.10. The van der Waals surface area contributed by atoms with Gasteiger partial charge in [0.15, 0.2) is 0 Å². The summed E-state index contributed by atoms with van der Waals surface area (Å²) in [4.78, 5) is 4.98. The topological polar surface area (TPSA) is 21.3 Å². The van der Waals surface area contributed by atoms with E-state index in [1.165, 1.54) is 6.07 Å². The quantitative estimate of drug-likeness (QED) is 0.773. The number of halogens is 2. The highest BCUT2D eigenvalue weighted by Crippen LogP contribution is 2.29. The number of rotatable bonds is 1. The smallest absolute Gasteiger partial charge is 0.134 e. The van der Waals surface area contributed by atoms with E-state index in [4.69, 9.17) is 16.4 Å². The molecule has 0 bridgehead atoms. The Morgan fingerprint density at radius 3 is 2.79 bits per heavy atom. The standard InChI is InChI=1S/C10H8ClFNO/c1-6-5-9(13-14-6)10-7(11)3-2-4-8(10)12/h2-5,13H,1H3. The molecule has 4 heteroatoms. The van der Waals surface area contributed by atoms with Crippen LogP contribution in [0.25, 0.3) is 0 Å². The van der Waals surface area contributed by atoms with Crippen molar-refractivity contribution in [3.05, 3.63) is 52.5 Å². The summed E-state index contributed by atoms with van der Waals surface area (Å²) in [6.45, 7) is 1.77. The van der Waals surface area contributed by atoms with Gasteiger partial charge in [0.25, 0.3) is 0 Å². The number of benzene rings is 1. The van der Waals surface area contributed by atoms with Gasteiger partial charge in [-0.2, -0.15) is 0 Å². The minimum absolute atomic E-state index is 0.339. The molecular formula is C10H8ClFNO. The molecule has 0 amide bonds. The first kappa shape index (κ1) is 9.49. The van der Waals surface area contributed by atoms with Crippen LogP contribution in [0.4, 0.5) is 4.39 Å². The van der Waals surface area contributed by atoms with Crippen molar-refractivity contribution in [2.75, 3.05) is 0 Å². The van der Waals surface area contributed by atoms with Gasteiger partial charge < -0.3 is 4.84 Å². The molecule has 1 aliphatic heterocycles. The van der Waals surface area contributed by atoms with Crippen molar-refractivity contribution in [3.63, 3.8) is 0 Å². The summed E-state index contributed by atoms with van der Waals surface area (Å²) in [5.74, 6) is 0.314. The lowest BCUT2D eigenvalue weighted by molar-refractivity contribution is 0.145. The predicted molar refractivity (Wildman–Crippen MR) is 51.7 cm³/mol. The van der Waals surface area contributed by atoms with Crippen LogP contribution in [0.2, 0.25) is 5.02 Å². The van der Waals surface area contributed by atoms with E-state index in [9.17, 15) is 4.39 Å². The van der Waals surface area contributed by atoms with E-state index < -0.39 is 0 Å². The van der Waals surface area contributed by atoms with Crippen molar-refractivity contribution < 1.29 is 9.23 Å². The molecule has 0 saturated heterocycles. The Bertz CT molecular complexity index is 371. The lowest BCUT2D eigenvalue weighted by Crippen LogP contribution is -2.15. The lowest BCUT2D eigenvalue weighted by atomic mass is 10.1.